The zero-order valence-electron chi connectivity index (χ0n) is 11.4. The largest absolute Gasteiger partial charge is 0.339 e. The highest BCUT2D eigenvalue weighted by Gasteiger charge is 2.20. The van der Waals surface area contributed by atoms with Gasteiger partial charge in [0, 0.05) is 58.1 Å². The number of aryl methyl sites for hydroxylation is 1. The van der Waals surface area contributed by atoms with E-state index in [1.165, 1.54) is 0 Å². The van der Waals surface area contributed by atoms with Crippen LogP contribution in [0.25, 0.3) is 0 Å². The van der Waals surface area contributed by atoms with Gasteiger partial charge in [-0.25, -0.2) is 4.98 Å². The van der Waals surface area contributed by atoms with Crippen molar-refractivity contribution in [3.05, 3.63) is 18.2 Å². The Bertz CT molecular complexity index is 413. The van der Waals surface area contributed by atoms with Crippen molar-refractivity contribution in [1.29, 1.82) is 0 Å². The molecule has 0 atom stereocenters. The predicted molar refractivity (Wildman–Crippen MR) is 75.3 cm³/mol. The summed E-state index contributed by atoms with van der Waals surface area (Å²) in [5.41, 5.74) is 0. The number of aromatic nitrogens is 2. The maximum Gasteiger partial charge on any atom is 0.237 e. The minimum absolute atomic E-state index is 0.0456. The van der Waals surface area contributed by atoms with Gasteiger partial charge < -0.3 is 9.47 Å². The van der Waals surface area contributed by atoms with Crippen LogP contribution in [0.3, 0.4) is 0 Å². The van der Waals surface area contributed by atoms with Crippen LogP contribution in [0.5, 0.6) is 0 Å². The molecule has 5 nitrogen and oxygen atoms in total. The lowest BCUT2D eigenvalue weighted by molar-refractivity contribution is -0.130. The van der Waals surface area contributed by atoms with Crippen LogP contribution in [-0.2, 0) is 17.8 Å². The second kappa shape index (κ2) is 6.91. The van der Waals surface area contributed by atoms with Crippen LogP contribution >= 0.6 is 11.6 Å². The summed E-state index contributed by atoms with van der Waals surface area (Å²) in [5.74, 6) is 1.27. The zero-order valence-corrected chi connectivity index (χ0v) is 12.1. The van der Waals surface area contributed by atoms with E-state index in [-0.39, 0.29) is 11.8 Å². The summed E-state index contributed by atoms with van der Waals surface area (Å²) in [7, 11) is 0. The zero-order chi connectivity index (χ0) is 13.7. The van der Waals surface area contributed by atoms with Crippen molar-refractivity contribution in [3.63, 3.8) is 0 Å². The van der Waals surface area contributed by atoms with Gasteiger partial charge in [0.15, 0.2) is 0 Å². The Balaban J connectivity index is 1.75. The average Bonchev–Trinajstić information content (AvgIpc) is 2.92. The van der Waals surface area contributed by atoms with Crippen LogP contribution in [-0.4, -0.2) is 63.9 Å². The summed E-state index contributed by atoms with van der Waals surface area (Å²) >= 11 is 5.57. The first-order valence-corrected chi connectivity index (χ1v) is 7.34. The topological polar surface area (TPSA) is 41.4 Å². The number of amides is 1. The Hall–Kier alpha value is -1.07. The highest BCUT2D eigenvalue weighted by atomic mass is 35.5. The Kier molecular flexibility index (Phi) is 5.22. The number of piperazine rings is 1. The van der Waals surface area contributed by atoms with E-state index in [0.29, 0.717) is 0 Å². The maximum absolute atomic E-state index is 11.5. The lowest BCUT2D eigenvalue weighted by Crippen LogP contribution is -2.49. The van der Waals surface area contributed by atoms with Crippen molar-refractivity contribution in [2.24, 2.45) is 0 Å². The molecule has 0 N–H and O–H groups in total. The monoisotopic (exact) mass is 284 g/mol. The highest BCUT2D eigenvalue weighted by Crippen LogP contribution is 2.05. The third-order valence-electron chi connectivity index (χ3n) is 3.61. The van der Waals surface area contributed by atoms with Gasteiger partial charge in [0.25, 0.3) is 0 Å². The number of rotatable bonds is 5. The predicted octanol–water partition coefficient (Wildman–Crippen LogP) is 0.829. The molecule has 2 rings (SSSR count). The number of hydrogen-bond donors (Lipinski definition) is 0. The molecule has 1 aromatic rings. The molecule has 1 aliphatic rings. The average molecular weight is 285 g/mol. The second-order valence-corrected chi connectivity index (χ2v) is 5.01. The number of carbonyl (C=O) groups is 1. The summed E-state index contributed by atoms with van der Waals surface area (Å²) in [5, 5.41) is 0. The minimum Gasteiger partial charge on any atom is -0.339 e. The van der Waals surface area contributed by atoms with Crippen LogP contribution in [0.2, 0.25) is 0 Å². The standard InChI is InChI=1S/C13H21ClN4O/c1-2-12-15-3-4-17(12)8-5-16-6-9-18(10-7-16)13(19)11-14/h3-4H,2,5-11H2,1H3. The Morgan fingerprint density at radius 3 is 2.68 bits per heavy atom. The first kappa shape index (κ1) is 14.3. The van der Waals surface area contributed by atoms with Gasteiger partial charge in [-0.2, -0.15) is 0 Å². The molecule has 0 radical (unpaired) electrons. The van der Waals surface area contributed by atoms with Crippen LogP contribution in [0, 0.1) is 0 Å². The quantitative estimate of drug-likeness (QED) is 0.752. The van der Waals surface area contributed by atoms with Crippen LogP contribution < -0.4 is 0 Å². The molecule has 1 aliphatic heterocycles. The molecule has 6 heteroatoms. The Labute approximate surface area is 119 Å². The Morgan fingerprint density at radius 1 is 1.32 bits per heavy atom. The molecule has 0 bridgehead atoms. The summed E-state index contributed by atoms with van der Waals surface area (Å²) in [6.07, 6.45) is 4.85. The summed E-state index contributed by atoms with van der Waals surface area (Å²) in [6, 6.07) is 0. The van der Waals surface area contributed by atoms with E-state index in [0.717, 1.165) is 51.5 Å². The van der Waals surface area contributed by atoms with Gasteiger partial charge in [0.2, 0.25) is 5.91 Å². The normalized spacial score (nSPS) is 16.8. The molecular formula is C13H21ClN4O. The van der Waals surface area contributed by atoms with Crippen molar-refractivity contribution in [2.75, 3.05) is 38.6 Å². The summed E-state index contributed by atoms with van der Waals surface area (Å²) in [4.78, 5) is 20.0. The van der Waals surface area contributed by atoms with Crippen molar-refractivity contribution in [2.45, 2.75) is 19.9 Å². The second-order valence-electron chi connectivity index (χ2n) is 4.75. The molecule has 1 amide bonds. The van der Waals surface area contributed by atoms with E-state index in [9.17, 15) is 4.79 Å². The van der Waals surface area contributed by atoms with Crippen molar-refractivity contribution >= 4 is 17.5 Å². The molecule has 106 valence electrons. The number of hydrogen-bond acceptors (Lipinski definition) is 3. The molecule has 0 unspecified atom stereocenters. The minimum atomic E-state index is 0.0456. The molecule has 0 saturated carbocycles. The van der Waals surface area contributed by atoms with Crippen LogP contribution in [0.1, 0.15) is 12.7 Å². The SMILES string of the molecule is CCc1nccn1CCN1CCN(C(=O)CCl)CC1. The molecule has 1 fully saturated rings. The van der Waals surface area contributed by atoms with E-state index < -0.39 is 0 Å². The van der Waals surface area contributed by atoms with Gasteiger partial charge in [-0.15, -0.1) is 11.6 Å². The first-order valence-electron chi connectivity index (χ1n) is 6.80. The number of halogens is 1. The van der Waals surface area contributed by atoms with Gasteiger partial charge in [-0.1, -0.05) is 6.92 Å². The molecule has 0 aliphatic carbocycles. The maximum atomic E-state index is 11.5. The molecule has 0 spiro atoms. The number of carbonyl (C=O) groups excluding carboxylic acids is 1. The molecule has 19 heavy (non-hydrogen) atoms. The molecule has 0 aromatic carbocycles. The van der Waals surface area contributed by atoms with Gasteiger partial charge in [0.1, 0.15) is 11.7 Å². The van der Waals surface area contributed by atoms with Gasteiger partial charge in [-0.3, -0.25) is 9.69 Å². The van der Waals surface area contributed by atoms with Gasteiger partial charge in [0.05, 0.1) is 0 Å². The molecule has 1 saturated heterocycles. The summed E-state index contributed by atoms with van der Waals surface area (Å²) < 4.78 is 2.20. The fourth-order valence-electron chi connectivity index (χ4n) is 2.41. The number of nitrogens with zero attached hydrogens (tertiary/aromatic N) is 4. The van der Waals surface area contributed by atoms with Crippen LogP contribution in [0.4, 0.5) is 0 Å². The molecule has 2 heterocycles. The van der Waals surface area contributed by atoms with E-state index in [4.69, 9.17) is 11.6 Å². The summed E-state index contributed by atoms with van der Waals surface area (Å²) in [6.45, 7) is 7.53. The fourth-order valence-corrected chi connectivity index (χ4v) is 2.58. The van der Waals surface area contributed by atoms with Crippen LogP contribution in [0.15, 0.2) is 12.4 Å². The molecular weight excluding hydrogens is 264 g/mol. The van der Waals surface area contributed by atoms with E-state index in [1.54, 1.807) is 0 Å². The van der Waals surface area contributed by atoms with Crippen molar-refractivity contribution < 1.29 is 4.79 Å². The number of alkyl halides is 1. The lowest BCUT2D eigenvalue weighted by atomic mass is 10.3. The third-order valence-corrected chi connectivity index (χ3v) is 3.84. The number of imidazole rings is 1. The smallest absolute Gasteiger partial charge is 0.237 e. The highest BCUT2D eigenvalue weighted by molar-refractivity contribution is 6.27. The van der Waals surface area contributed by atoms with E-state index >= 15 is 0 Å². The fraction of sp³-hybridized carbons (Fsp3) is 0.692. The van der Waals surface area contributed by atoms with Gasteiger partial charge in [-0.05, 0) is 0 Å². The Morgan fingerprint density at radius 2 is 2.05 bits per heavy atom. The van der Waals surface area contributed by atoms with Gasteiger partial charge >= 0.3 is 0 Å². The van der Waals surface area contributed by atoms with E-state index in [2.05, 4.69) is 21.4 Å². The first-order chi connectivity index (χ1) is 9.24. The third kappa shape index (κ3) is 3.70. The molecule has 1 aromatic heterocycles. The van der Waals surface area contributed by atoms with Crippen molar-refractivity contribution in [3.8, 4) is 0 Å². The lowest BCUT2D eigenvalue weighted by Gasteiger charge is -2.34. The van der Waals surface area contributed by atoms with Crippen molar-refractivity contribution in [1.82, 2.24) is 19.4 Å². The van der Waals surface area contributed by atoms with E-state index in [1.807, 2.05) is 17.3 Å².